The van der Waals surface area contributed by atoms with Crippen LogP contribution in [0.1, 0.15) is 17.0 Å². The first-order chi connectivity index (χ1) is 15.9. The lowest BCUT2D eigenvalue weighted by Crippen LogP contribution is -2.26. The maximum absolute atomic E-state index is 14.0. The van der Waals surface area contributed by atoms with Crippen molar-refractivity contribution < 1.29 is 4.39 Å². The Morgan fingerprint density at radius 1 is 1.06 bits per heavy atom. The van der Waals surface area contributed by atoms with Gasteiger partial charge in [0.2, 0.25) is 5.95 Å². The van der Waals surface area contributed by atoms with Gasteiger partial charge >= 0.3 is 0 Å². The Bertz CT molecular complexity index is 1520. The van der Waals surface area contributed by atoms with Crippen LogP contribution in [0.2, 0.25) is 0 Å². The Kier molecular flexibility index (Phi) is 5.53. The van der Waals surface area contributed by atoms with E-state index in [-0.39, 0.29) is 52.6 Å². The molecule has 0 aliphatic carbocycles. The van der Waals surface area contributed by atoms with Crippen molar-refractivity contribution in [1.82, 2.24) is 19.5 Å². The number of nitrogens with zero attached hydrogens (tertiary/aromatic N) is 6. The highest BCUT2D eigenvalue weighted by molar-refractivity contribution is 5.83. The van der Waals surface area contributed by atoms with Gasteiger partial charge in [-0.1, -0.05) is 18.2 Å². The first-order valence-corrected chi connectivity index (χ1v) is 9.70. The fourth-order valence-electron chi connectivity index (χ4n) is 3.42. The topological polar surface area (TPSA) is 172 Å². The summed E-state index contributed by atoms with van der Waals surface area (Å²) >= 11 is 0. The Morgan fingerprint density at radius 3 is 2.52 bits per heavy atom. The van der Waals surface area contributed by atoms with Crippen LogP contribution >= 0.6 is 0 Å². The van der Waals surface area contributed by atoms with Crippen molar-refractivity contribution in [3.63, 3.8) is 0 Å². The minimum Gasteiger partial charge on any atom is -0.382 e. The minimum atomic E-state index is -0.699. The number of anilines is 3. The lowest BCUT2D eigenvalue weighted by atomic mass is 10.1. The highest BCUT2D eigenvalue weighted by Crippen LogP contribution is 2.20. The first-order valence-electron chi connectivity index (χ1n) is 9.70. The number of aromatic nitrogens is 4. The highest BCUT2D eigenvalue weighted by Gasteiger charge is 2.17. The minimum absolute atomic E-state index is 0.00442. The number of hydrogen-bond donors (Lipinski definition) is 3. The van der Waals surface area contributed by atoms with Gasteiger partial charge in [-0.15, -0.1) is 0 Å². The molecule has 2 heterocycles. The molecule has 2 aromatic heterocycles. The van der Waals surface area contributed by atoms with E-state index < -0.39 is 11.4 Å². The molecule has 0 atom stereocenters. The molecule has 11 heteroatoms. The molecule has 0 amide bonds. The predicted molar refractivity (Wildman–Crippen MR) is 120 cm³/mol. The molecule has 10 nitrogen and oxygen atoms in total. The van der Waals surface area contributed by atoms with Gasteiger partial charge in [0.1, 0.15) is 35.2 Å². The summed E-state index contributed by atoms with van der Waals surface area (Å²) in [7, 11) is 0. The zero-order valence-corrected chi connectivity index (χ0v) is 17.1. The Labute approximate surface area is 186 Å². The molecular formula is C22H16FN9O. The number of hydrogen-bond acceptors (Lipinski definition) is 9. The van der Waals surface area contributed by atoms with Crippen LogP contribution in [-0.2, 0) is 6.42 Å². The molecule has 0 saturated heterocycles. The van der Waals surface area contributed by atoms with Crippen molar-refractivity contribution >= 4 is 28.5 Å². The van der Waals surface area contributed by atoms with Crippen LogP contribution in [0.15, 0.2) is 47.3 Å². The van der Waals surface area contributed by atoms with E-state index in [1.165, 1.54) is 4.57 Å². The number of nitrogens with one attached hydrogen (secondary N) is 1. The second-order valence-electron chi connectivity index (χ2n) is 6.94. The summed E-state index contributed by atoms with van der Waals surface area (Å²) < 4.78 is 15.4. The largest absolute Gasteiger partial charge is 0.382 e. The number of nitriles is 2. The van der Waals surface area contributed by atoms with Crippen molar-refractivity contribution in [1.29, 1.82) is 10.5 Å². The number of para-hydroxylation sites is 1. The summed E-state index contributed by atoms with van der Waals surface area (Å²) in [6.07, 6.45) is 0.191. The van der Waals surface area contributed by atoms with Crippen molar-refractivity contribution in [2.24, 2.45) is 0 Å². The van der Waals surface area contributed by atoms with E-state index in [0.29, 0.717) is 11.5 Å². The molecule has 0 aliphatic heterocycles. The molecule has 162 valence electrons. The van der Waals surface area contributed by atoms with E-state index in [0.717, 1.165) is 12.1 Å². The summed E-state index contributed by atoms with van der Waals surface area (Å²) in [4.78, 5) is 25.6. The lowest BCUT2D eigenvalue weighted by Gasteiger charge is -2.15. The van der Waals surface area contributed by atoms with Crippen molar-refractivity contribution in [2.45, 2.75) is 6.42 Å². The molecule has 5 N–H and O–H groups in total. The van der Waals surface area contributed by atoms with Crippen LogP contribution in [0.5, 0.6) is 0 Å². The Morgan fingerprint density at radius 2 is 1.82 bits per heavy atom. The average Bonchev–Trinajstić information content (AvgIpc) is 2.79. The van der Waals surface area contributed by atoms with E-state index in [1.807, 2.05) is 12.1 Å². The number of benzene rings is 2. The van der Waals surface area contributed by atoms with Crippen molar-refractivity contribution in [3.8, 4) is 17.8 Å². The van der Waals surface area contributed by atoms with E-state index in [9.17, 15) is 19.7 Å². The highest BCUT2D eigenvalue weighted by atomic mass is 19.1. The van der Waals surface area contributed by atoms with Gasteiger partial charge in [0.25, 0.3) is 5.56 Å². The van der Waals surface area contributed by atoms with Crippen LogP contribution in [-0.4, -0.2) is 26.1 Å². The van der Waals surface area contributed by atoms with E-state index in [1.54, 1.807) is 30.3 Å². The summed E-state index contributed by atoms with van der Waals surface area (Å²) in [5.41, 5.74) is 11.5. The smallest absolute Gasteiger partial charge is 0.266 e. The molecular weight excluding hydrogens is 425 g/mol. The summed E-state index contributed by atoms with van der Waals surface area (Å²) in [5, 5.41) is 21.7. The molecule has 0 unspecified atom stereocenters. The quantitative estimate of drug-likeness (QED) is 0.418. The normalized spacial score (nSPS) is 10.5. The molecule has 33 heavy (non-hydrogen) atoms. The Hall–Kier alpha value is -5.03. The van der Waals surface area contributed by atoms with E-state index in [2.05, 4.69) is 20.3 Å². The molecule has 0 saturated carbocycles. The average molecular weight is 441 g/mol. The molecule has 4 rings (SSSR count). The molecule has 0 radical (unpaired) electrons. The number of rotatable bonds is 5. The summed E-state index contributed by atoms with van der Waals surface area (Å²) in [5.74, 6) is -0.382. The van der Waals surface area contributed by atoms with Gasteiger partial charge in [-0.2, -0.15) is 20.5 Å². The maximum atomic E-state index is 14.0. The van der Waals surface area contributed by atoms with Crippen LogP contribution in [0, 0.1) is 28.5 Å². The van der Waals surface area contributed by atoms with Gasteiger partial charge in [-0.05, 0) is 24.3 Å². The van der Waals surface area contributed by atoms with Crippen LogP contribution in [0.3, 0.4) is 0 Å². The van der Waals surface area contributed by atoms with Crippen LogP contribution < -0.4 is 22.3 Å². The molecule has 0 aliphatic rings. The van der Waals surface area contributed by atoms with E-state index in [4.69, 9.17) is 11.5 Å². The lowest BCUT2D eigenvalue weighted by molar-refractivity contribution is 0.628. The second-order valence-corrected chi connectivity index (χ2v) is 6.94. The third-order valence-electron chi connectivity index (χ3n) is 4.85. The maximum Gasteiger partial charge on any atom is 0.266 e. The molecule has 0 bridgehead atoms. The zero-order chi connectivity index (χ0) is 23.5. The van der Waals surface area contributed by atoms with Crippen LogP contribution in [0.4, 0.5) is 22.0 Å². The van der Waals surface area contributed by atoms with E-state index >= 15 is 0 Å². The Balaban J connectivity index is 1.80. The van der Waals surface area contributed by atoms with Gasteiger partial charge in [0.15, 0.2) is 5.82 Å². The van der Waals surface area contributed by atoms with Gasteiger partial charge < -0.3 is 16.8 Å². The number of nitrogens with two attached hydrogens (primary N) is 2. The zero-order valence-electron chi connectivity index (χ0n) is 17.1. The second kappa shape index (κ2) is 8.61. The fraction of sp³-hybridized carbons (Fsp3) is 0.0909. The summed E-state index contributed by atoms with van der Waals surface area (Å²) in [6.45, 7) is 0.193. The number of nitrogen functional groups attached to an aromatic ring is 2. The first kappa shape index (κ1) is 21.2. The fourth-order valence-corrected chi connectivity index (χ4v) is 3.42. The van der Waals surface area contributed by atoms with Crippen LogP contribution in [0.25, 0.3) is 16.6 Å². The molecule has 0 fully saturated rings. The standard InChI is InChI=1S/C22H16FN9O/c23-13-8-12(10-24)18-15(9-13)21(33)32(14-4-2-1-3-5-14)17(29-18)6-7-28-20-16(11-25)19(26)30-22(27)31-20/h1-5,8-9H,6-7H2,(H5,26,27,28,30,31). The predicted octanol–water partition coefficient (Wildman–Crippen LogP) is 1.88. The number of halogens is 1. The van der Waals surface area contributed by atoms with Gasteiger partial charge in [-0.25, -0.2) is 9.37 Å². The van der Waals surface area contributed by atoms with Crippen molar-refractivity contribution in [3.05, 3.63) is 75.6 Å². The molecule has 4 aromatic rings. The molecule has 0 spiro atoms. The van der Waals surface area contributed by atoms with Gasteiger partial charge in [0, 0.05) is 13.0 Å². The number of fused-ring (bicyclic) bond motifs is 1. The molecule has 2 aromatic carbocycles. The third kappa shape index (κ3) is 3.98. The van der Waals surface area contributed by atoms with Gasteiger partial charge in [0.05, 0.1) is 22.2 Å². The van der Waals surface area contributed by atoms with Gasteiger partial charge in [-0.3, -0.25) is 9.36 Å². The summed E-state index contributed by atoms with van der Waals surface area (Å²) in [6, 6.07) is 14.7. The van der Waals surface area contributed by atoms with Crippen molar-refractivity contribution in [2.75, 3.05) is 23.3 Å². The monoisotopic (exact) mass is 441 g/mol. The SMILES string of the molecule is N#Cc1c(N)nc(N)nc1NCCc1nc2c(C#N)cc(F)cc2c(=O)n1-c1ccccc1. The third-order valence-corrected chi connectivity index (χ3v) is 4.85.